The summed E-state index contributed by atoms with van der Waals surface area (Å²) in [4.78, 5) is 2.45. The molecular weight excluding hydrogens is 264 g/mol. The van der Waals surface area contributed by atoms with Gasteiger partial charge in [0.1, 0.15) is 5.01 Å². The van der Waals surface area contributed by atoms with Gasteiger partial charge in [-0.3, -0.25) is 0 Å². The number of rotatable bonds is 10. The molecule has 0 amide bonds. The molecule has 0 fully saturated rings. The lowest BCUT2D eigenvalue weighted by Crippen LogP contribution is -2.25. The van der Waals surface area contributed by atoms with E-state index in [4.69, 9.17) is 0 Å². The lowest BCUT2D eigenvalue weighted by atomic mass is 10.5. The molecule has 0 saturated carbocycles. The van der Waals surface area contributed by atoms with Crippen molar-refractivity contribution in [1.29, 1.82) is 0 Å². The van der Waals surface area contributed by atoms with Gasteiger partial charge in [0.15, 0.2) is 0 Å². The standard InChI is InChI=1S/C12H24N4S2/c1-4-7-13-12-15-14-11(18-12)10-17-9-8-16(5-2)6-3/h4-10H2,1-3H3,(H,13,15). The minimum Gasteiger partial charge on any atom is -0.360 e. The highest BCUT2D eigenvalue weighted by Crippen LogP contribution is 2.20. The van der Waals surface area contributed by atoms with Crippen LogP contribution in [0.5, 0.6) is 0 Å². The fourth-order valence-electron chi connectivity index (χ4n) is 1.51. The second kappa shape index (κ2) is 9.58. The fourth-order valence-corrected chi connectivity index (χ4v) is 3.32. The molecular formula is C12H24N4S2. The summed E-state index contributed by atoms with van der Waals surface area (Å²) in [5, 5.41) is 13.7. The number of nitrogens with zero attached hydrogens (tertiary/aromatic N) is 3. The van der Waals surface area contributed by atoms with Crippen LogP contribution in [-0.2, 0) is 5.75 Å². The molecule has 0 atom stereocenters. The number of aromatic nitrogens is 2. The van der Waals surface area contributed by atoms with Gasteiger partial charge in [-0.1, -0.05) is 32.1 Å². The van der Waals surface area contributed by atoms with Crippen molar-refractivity contribution < 1.29 is 0 Å². The molecule has 0 saturated heterocycles. The van der Waals surface area contributed by atoms with Crippen molar-refractivity contribution in [1.82, 2.24) is 15.1 Å². The van der Waals surface area contributed by atoms with Gasteiger partial charge in [0, 0.05) is 24.6 Å². The number of hydrogen-bond acceptors (Lipinski definition) is 6. The fraction of sp³-hybridized carbons (Fsp3) is 0.833. The van der Waals surface area contributed by atoms with E-state index in [1.165, 1.54) is 5.75 Å². The summed E-state index contributed by atoms with van der Waals surface area (Å²) in [5.74, 6) is 2.14. The van der Waals surface area contributed by atoms with E-state index in [1.54, 1.807) is 11.3 Å². The zero-order valence-corrected chi connectivity index (χ0v) is 13.2. The van der Waals surface area contributed by atoms with Crippen LogP contribution in [0, 0.1) is 0 Å². The first kappa shape index (κ1) is 15.7. The molecule has 18 heavy (non-hydrogen) atoms. The molecule has 4 nitrogen and oxygen atoms in total. The van der Waals surface area contributed by atoms with E-state index in [0.717, 1.165) is 48.5 Å². The molecule has 0 aliphatic rings. The first-order valence-electron chi connectivity index (χ1n) is 6.66. The summed E-state index contributed by atoms with van der Waals surface area (Å²) >= 11 is 3.62. The Morgan fingerprint density at radius 1 is 1.22 bits per heavy atom. The predicted octanol–water partition coefficient (Wildman–Crippen LogP) is 2.94. The molecule has 0 aromatic carbocycles. The largest absolute Gasteiger partial charge is 0.360 e. The number of nitrogens with one attached hydrogen (secondary N) is 1. The van der Waals surface area contributed by atoms with E-state index < -0.39 is 0 Å². The summed E-state index contributed by atoms with van der Waals surface area (Å²) in [6, 6.07) is 0. The van der Waals surface area contributed by atoms with Gasteiger partial charge in [0.2, 0.25) is 5.13 Å². The Bertz CT molecular complexity index is 313. The number of anilines is 1. The first-order valence-corrected chi connectivity index (χ1v) is 8.63. The Morgan fingerprint density at radius 3 is 2.67 bits per heavy atom. The molecule has 0 aliphatic heterocycles. The van der Waals surface area contributed by atoms with Gasteiger partial charge in [-0.15, -0.1) is 10.2 Å². The molecule has 1 aromatic rings. The van der Waals surface area contributed by atoms with Crippen molar-refractivity contribution in [2.24, 2.45) is 0 Å². The van der Waals surface area contributed by atoms with E-state index in [-0.39, 0.29) is 0 Å². The van der Waals surface area contributed by atoms with Crippen LogP contribution in [0.2, 0.25) is 0 Å². The van der Waals surface area contributed by atoms with Gasteiger partial charge < -0.3 is 10.2 Å². The summed E-state index contributed by atoms with van der Waals surface area (Å²) in [6.07, 6.45) is 1.12. The third-order valence-corrected chi connectivity index (χ3v) is 4.68. The van der Waals surface area contributed by atoms with Crippen molar-refractivity contribution in [3.8, 4) is 0 Å². The molecule has 0 radical (unpaired) electrons. The van der Waals surface area contributed by atoms with Crippen LogP contribution < -0.4 is 5.32 Å². The highest BCUT2D eigenvalue weighted by molar-refractivity contribution is 7.98. The highest BCUT2D eigenvalue weighted by atomic mass is 32.2. The topological polar surface area (TPSA) is 41.1 Å². The van der Waals surface area contributed by atoms with E-state index >= 15 is 0 Å². The molecule has 0 spiro atoms. The normalized spacial score (nSPS) is 11.1. The summed E-state index contributed by atoms with van der Waals surface area (Å²) in [5.41, 5.74) is 0. The lowest BCUT2D eigenvalue weighted by Gasteiger charge is -2.16. The van der Waals surface area contributed by atoms with E-state index in [0.29, 0.717) is 0 Å². The average Bonchev–Trinajstić information content (AvgIpc) is 2.84. The summed E-state index contributed by atoms with van der Waals surface area (Å²) < 4.78 is 0. The van der Waals surface area contributed by atoms with Crippen molar-refractivity contribution in [3.63, 3.8) is 0 Å². The number of thioether (sulfide) groups is 1. The predicted molar refractivity (Wildman–Crippen MR) is 82.6 cm³/mol. The maximum Gasteiger partial charge on any atom is 0.205 e. The van der Waals surface area contributed by atoms with Crippen LogP contribution in [0.1, 0.15) is 32.2 Å². The third kappa shape index (κ3) is 6.02. The van der Waals surface area contributed by atoms with Crippen molar-refractivity contribution >= 4 is 28.2 Å². The molecule has 0 bridgehead atoms. The average molecular weight is 288 g/mol. The van der Waals surface area contributed by atoms with E-state index in [2.05, 4.69) is 41.2 Å². The van der Waals surface area contributed by atoms with Gasteiger partial charge in [0.05, 0.1) is 0 Å². The molecule has 1 aromatic heterocycles. The van der Waals surface area contributed by atoms with Crippen molar-refractivity contribution in [3.05, 3.63) is 5.01 Å². The van der Waals surface area contributed by atoms with Crippen molar-refractivity contribution in [2.45, 2.75) is 32.9 Å². The van der Waals surface area contributed by atoms with Crippen LogP contribution in [0.25, 0.3) is 0 Å². The molecule has 1 rings (SSSR count). The minimum absolute atomic E-state index is 0.955. The smallest absolute Gasteiger partial charge is 0.205 e. The lowest BCUT2D eigenvalue weighted by molar-refractivity contribution is 0.324. The van der Waals surface area contributed by atoms with Gasteiger partial charge in [0.25, 0.3) is 0 Å². The Hall–Kier alpha value is -0.330. The maximum atomic E-state index is 4.20. The Kier molecular flexibility index (Phi) is 8.37. The monoisotopic (exact) mass is 288 g/mol. The molecule has 1 heterocycles. The molecule has 1 N–H and O–H groups in total. The molecule has 104 valence electrons. The van der Waals surface area contributed by atoms with Gasteiger partial charge in [-0.05, 0) is 19.5 Å². The summed E-state index contributed by atoms with van der Waals surface area (Å²) in [7, 11) is 0. The Morgan fingerprint density at radius 2 is 2.00 bits per heavy atom. The van der Waals surface area contributed by atoms with Crippen LogP contribution >= 0.6 is 23.1 Å². The van der Waals surface area contributed by atoms with E-state index in [9.17, 15) is 0 Å². The van der Waals surface area contributed by atoms with Gasteiger partial charge >= 0.3 is 0 Å². The molecule has 0 unspecified atom stereocenters. The highest BCUT2D eigenvalue weighted by Gasteiger charge is 2.04. The summed E-state index contributed by atoms with van der Waals surface area (Å²) in [6.45, 7) is 11.0. The SMILES string of the molecule is CCCNc1nnc(CSCCN(CC)CC)s1. The van der Waals surface area contributed by atoms with Crippen LogP contribution in [0.15, 0.2) is 0 Å². The van der Waals surface area contributed by atoms with Crippen LogP contribution in [0.4, 0.5) is 5.13 Å². The van der Waals surface area contributed by atoms with Crippen molar-refractivity contribution in [2.75, 3.05) is 37.2 Å². The second-order valence-corrected chi connectivity index (χ2v) is 6.17. The number of hydrogen-bond donors (Lipinski definition) is 1. The first-order chi connectivity index (χ1) is 8.80. The maximum absolute atomic E-state index is 4.20. The van der Waals surface area contributed by atoms with E-state index in [1.807, 2.05) is 11.8 Å². The van der Waals surface area contributed by atoms with Gasteiger partial charge in [-0.25, -0.2) is 0 Å². The second-order valence-electron chi connectivity index (χ2n) is 4.01. The molecule has 0 aliphatic carbocycles. The minimum atomic E-state index is 0.955. The third-order valence-electron chi connectivity index (χ3n) is 2.66. The van der Waals surface area contributed by atoms with Crippen LogP contribution in [-0.4, -0.2) is 47.0 Å². The van der Waals surface area contributed by atoms with Crippen LogP contribution in [0.3, 0.4) is 0 Å². The van der Waals surface area contributed by atoms with Gasteiger partial charge in [-0.2, -0.15) is 11.8 Å². The quantitative estimate of drug-likeness (QED) is 0.670. The zero-order chi connectivity index (χ0) is 13.2. The Balaban J connectivity index is 2.17. The molecule has 6 heteroatoms. The zero-order valence-electron chi connectivity index (χ0n) is 11.6. The Labute approximate surface area is 119 Å².